The summed E-state index contributed by atoms with van der Waals surface area (Å²) in [6, 6.07) is 11.1. The van der Waals surface area contributed by atoms with Gasteiger partial charge in [-0.05, 0) is 73.2 Å². The molecule has 0 fully saturated rings. The SMILES string of the molecule is COc1ccc2c(c1)C(Nc1c(C)cc(Br)cc1C)CC2. The van der Waals surface area contributed by atoms with Crippen LogP contribution in [0.5, 0.6) is 5.75 Å². The van der Waals surface area contributed by atoms with Crippen molar-refractivity contribution >= 4 is 21.6 Å². The van der Waals surface area contributed by atoms with E-state index in [1.165, 1.54) is 27.9 Å². The maximum atomic E-state index is 5.37. The third-order valence-corrected chi connectivity index (χ3v) is 4.70. The Hall–Kier alpha value is -1.48. The van der Waals surface area contributed by atoms with Gasteiger partial charge in [-0.1, -0.05) is 22.0 Å². The molecule has 0 amide bonds. The number of benzene rings is 2. The normalized spacial score (nSPS) is 16.7. The fourth-order valence-corrected chi connectivity index (χ4v) is 3.86. The molecule has 2 aromatic rings. The first-order valence-corrected chi connectivity index (χ1v) is 8.08. The van der Waals surface area contributed by atoms with E-state index in [-0.39, 0.29) is 0 Å². The minimum absolute atomic E-state index is 0.369. The van der Waals surface area contributed by atoms with Gasteiger partial charge in [-0.2, -0.15) is 0 Å². The van der Waals surface area contributed by atoms with Crippen LogP contribution in [0.15, 0.2) is 34.8 Å². The van der Waals surface area contributed by atoms with Gasteiger partial charge in [0, 0.05) is 10.2 Å². The van der Waals surface area contributed by atoms with Gasteiger partial charge in [0.05, 0.1) is 13.2 Å². The summed E-state index contributed by atoms with van der Waals surface area (Å²) in [7, 11) is 1.72. The quantitative estimate of drug-likeness (QED) is 0.827. The highest BCUT2D eigenvalue weighted by atomic mass is 79.9. The smallest absolute Gasteiger partial charge is 0.119 e. The molecular formula is C18H20BrNO. The van der Waals surface area contributed by atoms with Gasteiger partial charge >= 0.3 is 0 Å². The van der Waals surface area contributed by atoms with E-state index in [1.807, 2.05) is 0 Å². The molecule has 0 aromatic heterocycles. The minimum atomic E-state index is 0.369. The van der Waals surface area contributed by atoms with Crippen molar-refractivity contribution in [2.75, 3.05) is 12.4 Å². The topological polar surface area (TPSA) is 21.3 Å². The highest BCUT2D eigenvalue weighted by molar-refractivity contribution is 9.10. The molecule has 3 rings (SSSR count). The van der Waals surface area contributed by atoms with Gasteiger partial charge in [0.25, 0.3) is 0 Å². The molecule has 1 aliphatic rings. The Labute approximate surface area is 134 Å². The molecule has 0 bridgehead atoms. The number of halogens is 1. The highest BCUT2D eigenvalue weighted by Crippen LogP contribution is 2.37. The number of methoxy groups -OCH3 is 1. The fourth-order valence-electron chi connectivity index (χ4n) is 3.17. The van der Waals surface area contributed by atoms with Crippen molar-refractivity contribution in [2.24, 2.45) is 0 Å². The standard InChI is InChI=1S/C18H20BrNO/c1-11-8-14(19)9-12(2)18(11)20-17-7-5-13-4-6-15(21-3)10-16(13)17/h4,6,8-10,17,20H,5,7H2,1-3H3. The second-order valence-corrected chi connectivity index (χ2v) is 6.63. The maximum Gasteiger partial charge on any atom is 0.119 e. The number of anilines is 1. The summed E-state index contributed by atoms with van der Waals surface area (Å²) in [6.45, 7) is 4.31. The van der Waals surface area contributed by atoms with Gasteiger partial charge in [0.1, 0.15) is 5.75 Å². The van der Waals surface area contributed by atoms with Crippen molar-refractivity contribution in [3.63, 3.8) is 0 Å². The van der Waals surface area contributed by atoms with Gasteiger partial charge in [0.15, 0.2) is 0 Å². The molecule has 1 atom stereocenters. The molecule has 110 valence electrons. The number of aryl methyl sites for hydroxylation is 3. The maximum absolute atomic E-state index is 5.37. The minimum Gasteiger partial charge on any atom is -0.497 e. The first-order valence-electron chi connectivity index (χ1n) is 7.28. The van der Waals surface area contributed by atoms with Crippen LogP contribution in [-0.4, -0.2) is 7.11 Å². The number of fused-ring (bicyclic) bond motifs is 1. The van der Waals surface area contributed by atoms with Crippen LogP contribution in [0.1, 0.15) is 34.7 Å². The zero-order valence-electron chi connectivity index (χ0n) is 12.7. The van der Waals surface area contributed by atoms with Gasteiger partial charge in [-0.15, -0.1) is 0 Å². The molecule has 0 aliphatic heterocycles. The Bertz CT molecular complexity index is 658. The van der Waals surface area contributed by atoms with E-state index in [9.17, 15) is 0 Å². The molecular weight excluding hydrogens is 326 g/mol. The first-order chi connectivity index (χ1) is 10.1. The van der Waals surface area contributed by atoms with Crippen LogP contribution in [0.3, 0.4) is 0 Å². The molecule has 0 saturated carbocycles. The lowest BCUT2D eigenvalue weighted by Crippen LogP contribution is -2.09. The fraction of sp³-hybridized carbons (Fsp3) is 0.333. The van der Waals surface area contributed by atoms with E-state index in [0.717, 1.165) is 23.1 Å². The average Bonchev–Trinajstić information content (AvgIpc) is 2.84. The Morgan fingerprint density at radius 2 is 1.86 bits per heavy atom. The molecule has 2 nitrogen and oxygen atoms in total. The van der Waals surface area contributed by atoms with Crippen molar-refractivity contribution in [3.05, 3.63) is 57.1 Å². The van der Waals surface area contributed by atoms with Crippen LogP contribution in [0, 0.1) is 13.8 Å². The predicted molar refractivity (Wildman–Crippen MR) is 91.3 cm³/mol. The van der Waals surface area contributed by atoms with Crippen molar-refractivity contribution in [3.8, 4) is 5.75 Å². The van der Waals surface area contributed by atoms with Crippen molar-refractivity contribution < 1.29 is 4.74 Å². The Morgan fingerprint density at radius 3 is 2.52 bits per heavy atom. The van der Waals surface area contributed by atoms with E-state index in [4.69, 9.17) is 4.74 Å². The average molecular weight is 346 g/mol. The number of hydrogen-bond acceptors (Lipinski definition) is 2. The lowest BCUT2D eigenvalue weighted by Gasteiger charge is -2.20. The van der Waals surface area contributed by atoms with Crippen LogP contribution < -0.4 is 10.1 Å². The third kappa shape index (κ3) is 2.80. The van der Waals surface area contributed by atoms with Crippen LogP contribution in [0.25, 0.3) is 0 Å². The molecule has 21 heavy (non-hydrogen) atoms. The van der Waals surface area contributed by atoms with E-state index < -0.39 is 0 Å². The highest BCUT2D eigenvalue weighted by Gasteiger charge is 2.23. The number of ether oxygens (including phenoxy) is 1. The van der Waals surface area contributed by atoms with E-state index in [2.05, 4.69) is 65.4 Å². The van der Waals surface area contributed by atoms with Crippen LogP contribution in [0.2, 0.25) is 0 Å². The number of nitrogens with one attached hydrogen (secondary N) is 1. The van der Waals surface area contributed by atoms with Gasteiger partial charge in [-0.25, -0.2) is 0 Å². The molecule has 1 N–H and O–H groups in total. The molecule has 1 aliphatic carbocycles. The summed E-state index contributed by atoms with van der Waals surface area (Å²) >= 11 is 3.56. The molecule has 2 aromatic carbocycles. The zero-order valence-corrected chi connectivity index (χ0v) is 14.3. The van der Waals surface area contributed by atoms with Crippen molar-refractivity contribution in [2.45, 2.75) is 32.7 Å². The molecule has 1 unspecified atom stereocenters. The molecule has 3 heteroatoms. The number of rotatable bonds is 3. The molecule has 0 saturated heterocycles. The molecule has 0 radical (unpaired) electrons. The number of hydrogen-bond donors (Lipinski definition) is 1. The summed E-state index contributed by atoms with van der Waals surface area (Å²) < 4.78 is 6.50. The van der Waals surface area contributed by atoms with Gasteiger partial charge in [0.2, 0.25) is 0 Å². The van der Waals surface area contributed by atoms with Crippen LogP contribution >= 0.6 is 15.9 Å². The van der Waals surface area contributed by atoms with Crippen molar-refractivity contribution in [1.82, 2.24) is 0 Å². The first kappa shape index (κ1) is 14.5. The summed E-state index contributed by atoms with van der Waals surface area (Å²) in [6.07, 6.45) is 2.27. The Morgan fingerprint density at radius 1 is 1.14 bits per heavy atom. The second-order valence-electron chi connectivity index (χ2n) is 5.71. The van der Waals surface area contributed by atoms with E-state index >= 15 is 0 Å². The lowest BCUT2D eigenvalue weighted by atomic mass is 10.0. The van der Waals surface area contributed by atoms with E-state index in [1.54, 1.807) is 7.11 Å². The summed E-state index contributed by atoms with van der Waals surface area (Å²) in [5.74, 6) is 0.937. The summed E-state index contributed by atoms with van der Waals surface area (Å²) in [5.41, 5.74) is 6.60. The summed E-state index contributed by atoms with van der Waals surface area (Å²) in [4.78, 5) is 0. The molecule has 0 spiro atoms. The van der Waals surface area contributed by atoms with Crippen LogP contribution in [-0.2, 0) is 6.42 Å². The predicted octanol–water partition coefficient (Wildman–Crippen LogP) is 5.17. The largest absolute Gasteiger partial charge is 0.497 e. The molecule has 0 heterocycles. The Kier molecular flexibility index (Phi) is 3.94. The third-order valence-electron chi connectivity index (χ3n) is 4.25. The van der Waals surface area contributed by atoms with Gasteiger partial charge in [-0.3, -0.25) is 0 Å². The van der Waals surface area contributed by atoms with Crippen LogP contribution in [0.4, 0.5) is 5.69 Å². The Balaban J connectivity index is 1.92. The second kappa shape index (κ2) is 5.72. The zero-order chi connectivity index (χ0) is 15.0. The summed E-state index contributed by atoms with van der Waals surface area (Å²) in [5, 5.41) is 3.74. The lowest BCUT2D eigenvalue weighted by molar-refractivity contribution is 0.414. The van der Waals surface area contributed by atoms with Gasteiger partial charge < -0.3 is 10.1 Å². The monoisotopic (exact) mass is 345 g/mol. The van der Waals surface area contributed by atoms with Crippen molar-refractivity contribution in [1.29, 1.82) is 0 Å². The van der Waals surface area contributed by atoms with E-state index in [0.29, 0.717) is 6.04 Å².